The maximum Gasteiger partial charge on any atom is 0.432 e. The van der Waals surface area contributed by atoms with Crippen molar-refractivity contribution in [3.8, 4) is 0 Å². The Morgan fingerprint density at radius 3 is 1.17 bits per heavy atom. The molecule has 0 saturated heterocycles. The monoisotopic (exact) mass is 272 g/mol. The lowest BCUT2D eigenvalue weighted by Crippen LogP contribution is -2.04. The van der Waals surface area contributed by atoms with Crippen LogP contribution in [0.25, 0.3) is 0 Å². The SMILES string of the molecule is FC(F)(F)c1cnc[nH]1.FC(F)(F)c1cnc[nH]1. The molecule has 0 saturated carbocycles. The summed E-state index contributed by atoms with van der Waals surface area (Å²) >= 11 is 0. The number of alkyl halides is 6. The number of hydrogen-bond donors (Lipinski definition) is 2. The third kappa shape index (κ3) is 4.11. The second kappa shape index (κ2) is 5.10. The fourth-order valence-electron chi connectivity index (χ4n) is 0.822. The van der Waals surface area contributed by atoms with Crippen molar-refractivity contribution in [2.75, 3.05) is 0 Å². The zero-order chi connectivity index (χ0) is 13.8. The van der Waals surface area contributed by atoms with Gasteiger partial charge >= 0.3 is 12.4 Å². The molecular weight excluding hydrogens is 266 g/mol. The van der Waals surface area contributed by atoms with Crippen molar-refractivity contribution in [2.45, 2.75) is 12.4 Å². The fraction of sp³-hybridized carbons (Fsp3) is 0.250. The van der Waals surface area contributed by atoms with Crippen molar-refractivity contribution in [1.82, 2.24) is 19.9 Å². The molecule has 0 aromatic carbocycles. The topological polar surface area (TPSA) is 57.4 Å². The first-order chi connectivity index (χ1) is 8.21. The van der Waals surface area contributed by atoms with E-state index in [9.17, 15) is 26.3 Å². The molecule has 0 radical (unpaired) electrons. The molecule has 10 heteroatoms. The second-order valence-corrected chi connectivity index (χ2v) is 2.93. The molecule has 2 heterocycles. The maximum absolute atomic E-state index is 11.5. The molecule has 2 aromatic rings. The predicted octanol–water partition coefficient (Wildman–Crippen LogP) is 2.86. The van der Waals surface area contributed by atoms with E-state index in [1.165, 1.54) is 0 Å². The third-order valence-corrected chi connectivity index (χ3v) is 1.61. The van der Waals surface area contributed by atoms with Crippen molar-refractivity contribution < 1.29 is 26.3 Å². The van der Waals surface area contributed by atoms with Gasteiger partial charge in [-0.25, -0.2) is 9.97 Å². The minimum absolute atomic E-state index is 0.736. The largest absolute Gasteiger partial charge is 0.432 e. The summed E-state index contributed by atoms with van der Waals surface area (Å²) in [5, 5.41) is 0. The predicted molar refractivity (Wildman–Crippen MR) is 47.2 cm³/mol. The Balaban J connectivity index is 0.000000180. The summed E-state index contributed by atoms with van der Waals surface area (Å²) in [5.41, 5.74) is -1.63. The van der Waals surface area contributed by atoms with E-state index in [0.717, 1.165) is 25.0 Å². The van der Waals surface area contributed by atoms with Crippen LogP contribution in [0, 0.1) is 0 Å². The average Bonchev–Trinajstić information content (AvgIpc) is 2.91. The van der Waals surface area contributed by atoms with Gasteiger partial charge in [-0.15, -0.1) is 0 Å². The number of aromatic amines is 2. The molecule has 0 bridgehead atoms. The quantitative estimate of drug-likeness (QED) is 0.724. The van der Waals surface area contributed by atoms with Crippen LogP contribution in [0.15, 0.2) is 25.0 Å². The number of imidazole rings is 2. The molecule has 0 spiro atoms. The smallest absolute Gasteiger partial charge is 0.341 e. The molecule has 0 aliphatic rings. The van der Waals surface area contributed by atoms with Gasteiger partial charge in [-0.05, 0) is 0 Å². The fourth-order valence-corrected chi connectivity index (χ4v) is 0.822. The van der Waals surface area contributed by atoms with E-state index in [4.69, 9.17) is 0 Å². The van der Waals surface area contributed by atoms with Crippen molar-refractivity contribution in [3.63, 3.8) is 0 Å². The zero-order valence-corrected chi connectivity index (χ0v) is 8.47. The van der Waals surface area contributed by atoms with E-state index in [1.807, 2.05) is 9.97 Å². The van der Waals surface area contributed by atoms with Crippen LogP contribution in [0.2, 0.25) is 0 Å². The molecule has 2 N–H and O–H groups in total. The van der Waals surface area contributed by atoms with E-state index in [-0.39, 0.29) is 0 Å². The normalized spacial score (nSPS) is 11.9. The number of rotatable bonds is 0. The van der Waals surface area contributed by atoms with Crippen LogP contribution in [0.1, 0.15) is 11.4 Å². The Labute approximate surface area is 96.1 Å². The van der Waals surface area contributed by atoms with Crippen LogP contribution in [0.3, 0.4) is 0 Å². The Morgan fingerprint density at radius 2 is 1.06 bits per heavy atom. The van der Waals surface area contributed by atoms with E-state index < -0.39 is 23.7 Å². The summed E-state index contributed by atoms with van der Waals surface area (Å²) in [6.07, 6.45) is -5.14. The number of H-pyrrole nitrogens is 2. The molecule has 0 atom stereocenters. The first kappa shape index (κ1) is 14.1. The zero-order valence-electron chi connectivity index (χ0n) is 8.47. The molecule has 4 nitrogen and oxygen atoms in total. The lowest BCUT2D eigenvalue weighted by molar-refractivity contribution is -0.141. The standard InChI is InChI=1S/2C4H3F3N2/c2*5-4(6,7)3-1-8-2-9-3/h2*1-2H,(H,8,9). The van der Waals surface area contributed by atoms with Gasteiger partial charge in [0.15, 0.2) is 0 Å². The van der Waals surface area contributed by atoms with E-state index in [2.05, 4.69) is 9.97 Å². The first-order valence-electron chi connectivity index (χ1n) is 4.32. The molecule has 2 rings (SSSR count). The summed E-state index contributed by atoms with van der Waals surface area (Å²) in [7, 11) is 0. The highest BCUT2D eigenvalue weighted by Crippen LogP contribution is 2.26. The minimum atomic E-state index is -4.30. The van der Waals surface area contributed by atoms with Gasteiger partial charge in [0.25, 0.3) is 0 Å². The molecule has 0 amide bonds. The van der Waals surface area contributed by atoms with Crippen molar-refractivity contribution in [2.24, 2.45) is 0 Å². The van der Waals surface area contributed by atoms with Crippen LogP contribution >= 0.6 is 0 Å². The van der Waals surface area contributed by atoms with Crippen LogP contribution in [0.4, 0.5) is 26.3 Å². The molecule has 100 valence electrons. The Kier molecular flexibility index (Phi) is 3.99. The minimum Gasteiger partial charge on any atom is -0.341 e. The van der Waals surface area contributed by atoms with E-state index >= 15 is 0 Å². The molecule has 2 aromatic heterocycles. The van der Waals surface area contributed by atoms with Gasteiger partial charge in [0.1, 0.15) is 11.4 Å². The molecule has 18 heavy (non-hydrogen) atoms. The lowest BCUT2D eigenvalue weighted by Gasteiger charge is -1.99. The Bertz CT molecular complexity index is 397. The van der Waals surface area contributed by atoms with Gasteiger partial charge in [0, 0.05) is 0 Å². The average molecular weight is 272 g/mol. The second-order valence-electron chi connectivity index (χ2n) is 2.93. The molecule has 0 unspecified atom stereocenters. The van der Waals surface area contributed by atoms with Crippen molar-refractivity contribution in [3.05, 3.63) is 36.4 Å². The van der Waals surface area contributed by atoms with Crippen LogP contribution in [-0.2, 0) is 12.4 Å². The molecule has 0 fully saturated rings. The van der Waals surface area contributed by atoms with Crippen molar-refractivity contribution >= 4 is 0 Å². The summed E-state index contributed by atoms with van der Waals surface area (Å²) in [6, 6.07) is 0. The van der Waals surface area contributed by atoms with Crippen LogP contribution < -0.4 is 0 Å². The summed E-state index contributed by atoms with van der Waals surface area (Å²) in [4.78, 5) is 10.3. The highest BCUT2D eigenvalue weighted by Gasteiger charge is 2.32. The summed E-state index contributed by atoms with van der Waals surface area (Å²) in [5.74, 6) is 0. The molecule has 0 aliphatic heterocycles. The number of hydrogen-bond acceptors (Lipinski definition) is 2. The summed E-state index contributed by atoms with van der Waals surface area (Å²) < 4.78 is 69.3. The van der Waals surface area contributed by atoms with Gasteiger partial charge in [-0.3, -0.25) is 0 Å². The third-order valence-electron chi connectivity index (χ3n) is 1.61. The molecule has 0 aliphatic carbocycles. The van der Waals surface area contributed by atoms with E-state index in [1.54, 1.807) is 0 Å². The van der Waals surface area contributed by atoms with E-state index in [0.29, 0.717) is 0 Å². The van der Waals surface area contributed by atoms with Gasteiger partial charge in [0.05, 0.1) is 25.0 Å². The van der Waals surface area contributed by atoms with Crippen molar-refractivity contribution in [1.29, 1.82) is 0 Å². The van der Waals surface area contributed by atoms with Gasteiger partial charge in [-0.2, -0.15) is 26.3 Å². The highest BCUT2D eigenvalue weighted by molar-refractivity contribution is 4.99. The number of aromatic nitrogens is 4. The van der Waals surface area contributed by atoms with Gasteiger partial charge < -0.3 is 9.97 Å². The lowest BCUT2D eigenvalue weighted by atomic mass is 10.5. The van der Waals surface area contributed by atoms with Gasteiger partial charge in [0.2, 0.25) is 0 Å². The highest BCUT2D eigenvalue weighted by atomic mass is 19.4. The van der Waals surface area contributed by atoms with Crippen LogP contribution in [-0.4, -0.2) is 19.9 Å². The van der Waals surface area contributed by atoms with Crippen LogP contribution in [0.5, 0.6) is 0 Å². The number of nitrogens with zero attached hydrogens (tertiary/aromatic N) is 2. The Morgan fingerprint density at radius 1 is 0.722 bits per heavy atom. The molecular formula is C8H6F6N4. The first-order valence-corrected chi connectivity index (χ1v) is 4.32. The maximum atomic E-state index is 11.5. The summed E-state index contributed by atoms with van der Waals surface area (Å²) in [6.45, 7) is 0. The van der Waals surface area contributed by atoms with Gasteiger partial charge in [-0.1, -0.05) is 0 Å². The Hall–Kier alpha value is -2.00. The number of nitrogens with one attached hydrogen (secondary N) is 2. The number of halogens is 6.